The fraction of sp³-hybridized carbons (Fsp3) is 0.412. The minimum atomic E-state index is 0.255. The van der Waals surface area contributed by atoms with Crippen LogP contribution in [0, 0.1) is 13.8 Å². The van der Waals surface area contributed by atoms with Crippen molar-refractivity contribution in [2.45, 2.75) is 46.6 Å². The number of benzene rings is 1. The van der Waals surface area contributed by atoms with Gasteiger partial charge in [0.1, 0.15) is 5.78 Å². The van der Waals surface area contributed by atoms with Crippen molar-refractivity contribution in [3.63, 3.8) is 0 Å². The predicted octanol–water partition coefficient (Wildman–Crippen LogP) is 4.03. The molecule has 3 nitrogen and oxygen atoms in total. The molecule has 2 rings (SSSR count). The molecule has 0 saturated heterocycles. The summed E-state index contributed by atoms with van der Waals surface area (Å²) in [5.41, 5.74) is 4.40. The first-order chi connectivity index (χ1) is 10.0. The monoisotopic (exact) mass is 348 g/mol. The number of Topliss-reactive ketones (excluding diaryl/α,β-unsaturated/α-hetero) is 1. The molecule has 0 N–H and O–H groups in total. The number of carbonyl (C=O) groups is 1. The maximum atomic E-state index is 12.2. The van der Waals surface area contributed by atoms with E-state index in [0.29, 0.717) is 12.8 Å². The van der Waals surface area contributed by atoms with Crippen LogP contribution in [0.3, 0.4) is 0 Å². The van der Waals surface area contributed by atoms with Crippen molar-refractivity contribution in [3.05, 3.63) is 51.3 Å². The van der Waals surface area contributed by atoms with Gasteiger partial charge >= 0.3 is 0 Å². The molecule has 0 aliphatic rings. The second-order valence-electron chi connectivity index (χ2n) is 5.36. The summed E-state index contributed by atoms with van der Waals surface area (Å²) in [6.45, 7) is 6.85. The number of carbonyl (C=O) groups excluding carboxylic acids is 1. The third-order valence-electron chi connectivity index (χ3n) is 3.63. The quantitative estimate of drug-likeness (QED) is 0.789. The fourth-order valence-corrected chi connectivity index (χ4v) is 2.78. The van der Waals surface area contributed by atoms with E-state index in [4.69, 9.17) is 0 Å². The maximum absolute atomic E-state index is 12.2. The summed E-state index contributed by atoms with van der Waals surface area (Å²) in [5, 5.41) is 4.43. The number of ketones is 1. The Bertz CT molecular complexity index is 629. The molecule has 0 spiro atoms. The molecule has 0 saturated carbocycles. The first-order valence-electron chi connectivity index (χ1n) is 7.30. The molecule has 0 aliphatic carbocycles. The molecule has 0 aliphatic heterocycles. The average Bonchev–Trinajstić information content (AvgIpc) is 2.74. The number of hydrogen-bond donors (Lipinski definition) is 0. The van der Waals surface area contributed by atoms with E-state index in [1.807, 2.05) is 18.5 Å². The number of nitrogens with zero attached hydrogens (tertiary/aromatic N) is 2. The minimum Gasteiger partial charge on any atom is -0.299 e. The molecular formula is C17H21BrN2O. The molecule has 21 heavy (non-hydrogen) atoms. The van der Waals surface area contributed by atoms with Crippen molar-refractivity contribution in [1.82, 2.24) is 9.78 Å². The molecule has 1 aromatic carbocycles. The van der Waals surface area contributed by atoms with Crippen molar-refractivity contribution in [1.29, 1.82) is 0 Å². The van der Waals surface area contributed by atoms with Gasteiger partial charge in [-0.05, 0) is 48.7 Å². The van der Waals surface area contributed by atoms with Crippen molar-refractivity contribution in [2.75, 3.05) is 0 Å². The maximum Gasteiger partial charge on any atom is 0.139 e. The van der Waals surface area contributed by atoms with Crippen LogP contribution in [0.4, 0.5) is 0 Å². The number of halogens is 1. The molecule has 0 unspecified atom stereocenters. The zero-order valence-corrected chi connectivity index (χ0v) is 14.4. The van der Waals surface area contributed by atoms with Gasteiger partial charge in [-0.25, -0.2) is 0 Å². The Labute approximate surface area is 134 Å². The zero-order valence-electron chi connectivity index (χ0n) is 12.8. The van der Waals surface area contributed by atoms with Crippen molar-refractivity contribution < 1.29 is 4.79 Å². The molecule has 1 heterocycles. The second kappa shape index (κ2) is 7.03. The van der Waals surface area contributed by atoms with E-state index in [-0.39, 0.29) is 5.78 Å². The predicted molar refractivity (Wildman–Crippen MR) is 88.5 cm³/mol. The summed E-state index contributed by atoms with van der Waals surface area (Å²) in [6.07, 6.45) is 1.82. The van der Waals surface area contributed by atoms with E-state index in [1.165, 1.54) is 11.1 Å². The van der Waals surface area contributed by atoms with Crippen molar-refractivity contribution in [2.24, 2.45) is 0 Å². The lowest BCUT2D eigenvalue weighted by Crippen LogP contribution is -2.10. The van der Waals surface area contributed by atoms with Crippen molar-refractivity contribution in [3.8, 4) is 0 Å². The van der Waals surface area contributed by atoms with Crippen LogP contribution in [0.5, 0.6) is 0 Å². The third kappa shape index (κ3) is 4.03. The Morgan fingerprint density at radius 1 is 1.24 bits per heavy atom. The molecule has 112 valence electrons. The SMILES string of the molecule is CCn1nc(C)c(Br)c1CC(=O)CCc1ccc(C)cc1. The smallest absolute Gasteiger partial charge is 0.139 e. The summed E-state index contributed by atoms with van der Waals surface area (Å²) in [4.78, 5) is 12.2. The second-order valence-corrected chi connectivity index (χ2v) is 6.16. The van der Waals surface area contributed by atoms with Gasteiger partial charge in [0.05, 0.1) is 15.9 Å². The van der Waals surface area contributed by atoms with Gasteiger partial charge in [0.25, 0.3) is 0 Å². The molecule has 0 bridgehead atoms. The summed E-state index contributed by atoms with van der Waals surface area (Å²) in [7, 11) is 0. The molecule has 4 heteroatoms. The van der Waals surface area contributed by atoms with Crippen LogP contribution >= 0.6 is 15.9 Å². The highest BCUT2D eigenvalue weighted by Gasteiger charge is 2.15. The van der Waals surface area contributed by atoms with Crippen LogP contribution < -0.4 is 0 Å². The Hall–Kier alpha value is -1.42. The van der Waals surface area contributed by atoms with E-state index < -0.39 is 0 Å². The Kier molecular flexibility index (Phi) is 5.34. The molecular weight excluding hydrogens is 328 g/mol. The first-order valence-corrected chi connectivity index (χ1v) is 8.09. The van der Waals surface area contributed by atoms with Crippen LogP contribution in [0.1, 0.15) is 35.9 Å². The van der Waals surface area contributed by atoms with Gasteiger partial charge in [-0.1, -0.05) is 29.8 Å². The van der Waals surface area contributed by atoms with Crippen LogP contribution in [-0.2, 0) is 24.2 Å². The lowest BCUT2D eigenvalue weighted by Gasteiger charge is -2.05. The van der Waals surface area contributed by atoms with E-state index in [1.54, 1.807) is 0 Å². The highest BCUT2D eigenvalue weighted by Crippen LogP contribution is 2.22. The molecule has 0 amide bonds. The minimum absolute atomic E-state index is 0.255. The topological polar surface area (TPSA) is 34.9 Å². The highest BCUT2D eigenvalue weighted by atomic mass is 79.9. The van der Waals surface area contributed by atoms with E-state index in [0.717, 1.165) is 28.8 Å². The van der Waals surface area contributed by atoms with Gasteiger partial charge in [-0.15, -0.1) is 0 Å². The number of rotatable bonds is 6. The van der Waals surface area contributed by atoms with E-state index in [2.05, 4.69) is 52.2 Å². The Morgan fingerprint density at radius 2 is 1.90 bits per heavy atom. The van der Waals surface area contributed by atoms with Crippen LogP contribution in [0.25, 0.3) is 0 Å². The van der Waals surface area contributed by atoms with E-state index >= 15 is 0 Å². The molecule has 1 aromatic heterocycles. The third-order valence-corrected chi connectivity index (χ3v) is 4.66. The lowest BCUT2D eigenvalue weighted by atomic mass is 10.0. The highest BCUT2D eigenvalue weighted by molar-refractivity contribution is 9.10. The lowest BCUT2D eigenvalue weighted by molar-refractivity contribution is -0.118. The van der Waals surface area contributed by atoms with Crippen LogP contribution in [0.2, 0.25) is 0 Å². The van der Waals surface area contributed by atoms with Crippen molar-refractivity contribution >= 4 is 21.7 Å². The molecule has 0 atom stereocenters. The molecule has 2 aromatic rings. The van der Waals surface area contributed by atoms with Gasteiger partial charge in [-0.2, -0.15) is 5.10 Å². The van der Waals surface area contributed by atoms with Gasteiger partial charge < -0.3 is 0 Å². The summed E-state index contributed by atoms with van der Waals surface area (Å²) < 4.78 is 2.87. The van der Waals surface area contributed by atoms with Gasteiger partial charge in [-0.3, -0.25) is 9.48 Å². The zero-order chi connectivity index (χ0) is 15.4. The van der Waals surface area contributed by atoms with Crippen LogP contribution in [-0.4, -0.2) is 15.6 Å². The number of aryl methyl sites for hydroxylation is 4. The summed E-state index contributed by atoms with van der Waals surface area (Å²) in [6, 6.07) is 8.37. The van der Waals surface area contributed by atoms with Gasteiger partial charge in [0.2, 0.25) is 0 Å². The average molecular weight is 349 g/mol. The molecule has 0 radical (unpaired) electrons. The number of hydrogen-bond acceptors (Lipinski definition) is 2. The Balaban J connectivity index is 1.97. The standard InChI is InChI=1S/C17H21BrN2O/c1-4-20-16(17(18)13(3)19-20)11-15(21)10-9-14-7-5-12(2)6-8-14/h5-8H,4,9-11H2,1-3H3. The normalized spacial score (nSPS) is 10.9. The first kappa shape index (κ1) is 16.0. The Morgan fingerprint density at radius 3 is 2.52 bits per heavy atom. The van der Waals surface area contributed by atoms with Gasteiger partial charge in [0, 0.05) is 19.4 Å². The summed E-state index contributed by atoms with van der Waals surface area (Å²) in [5.74, 6) is 0.255. The van der Waals surface area contributed by atoms with Crippen LogP contribution in [0.15, 0.2) is 28.7 Å². The van der Waals surface area contributed by atoms with E-state index in [9.17, 15) is 4.79 Å². The number of aromatic nitrogens is 2. The largest absolute Gasteiger partial charge is 0.299 e. The molecule has 0 fully saturated rings. The summed E-state index contributed by atoms with van der Waals surface area (Å²) >= 11 is 3.54. The van der Waals surface area contributed by atoms with Gasteiger partial charge in [0.15, 0.2) is 0 Å². The fourth-order valence-electron chi connectivity index (χ4n) is 2.35.